The summed E-state index contributed by atoms with van der Waals surface area (Å²) in [7, 11) is 0. The number of benzene rings is 1. The minimum absolute atomic E-state index is 0.0576. The maximum Gasteiger partial charge on any atom is 0.277 e. The van der Waals surface area contributed by atoms with Crippen molar-refractivity contribution in [1.82, 2.24) is 15.1 Å². The summed E-state index contributed by atoms with van der Waals surface area (Å²) in [5.41, 5.74) is 2.41. The van der Waals surface area contributed by atoms with Crippen LogP contribution in [0.1, 0.15) is 19.4 Å². The van der Waals surface area contributed by atoms with Crippen molar-refractivity contribution in [3.05, 3.63) is 47.1 Å². The van der Waals surface area contributed by atoms with Crippen molar-refractivity contribution in [3.8, 4) is 28.7 Å². The quantitative estimate of drug-likeness (QED) is 0.702. The fourth-order valence-corrected chi connectivity index (χ4v) is 2.36. The van der Waals surface area contributed by atoms with Crippen LogP contribution in [0.25, 0.3) is 23.0 Å². The van der Waals surface area contributed by atoms with Gasteiger partial charge in [-0.3, -0.25) is 4.98 Å². The molecule has 0 unspecified atom stereocenters. The largest absolute Gasteiger partial charge is 0.489 e. The SMILES string of the molecule is Cc1cccnc1-c1nc(-c2ccc(OC(C)C)c(Cl)c2)no1. The number of ether oxygens (including phenoxy) is 1. The van der Waals surface area contributed by atoms with Gasteiger partial charge in [-0.2, -0.15) is 4.98 Å². The highest BCUT2D eigenvalue weighted by Gasteiger charge is 2.15. The van der Waals surface area contributed by atoms with Gasteiger partial charge < -0.3 is 9.26 Å². The smallest absolute Gasteiger partial charge is 0.277 e. The third-order valence-corrected chi connectivity index (χ3v) is 3.49. The molecular formula is C17H16ClN3O2. The summed E-state index contributed by atoms with van der Waals surface area (Å²) in [4.78, 5) is 8.68. The van der Waals surface area contributed by atoms with Crippen LogP contribution in [0.4, 0.5) is 0 Å². The molecule has 0 saturated carbocycles. The number of aromatic nitrogens is 3. The zero-order chi connectivity index (χ0) is 16.4. The van der Waals surface area contributed by atoms with E-state index in [1.807, 2.05) is 39.0 Å². The van der Waals surface area contributed by atoms with Crippen LogP contribution in [0.2, 0.25) is 5.02 Å². The molecule has 0 spiro atoms. The van der Waals surface area contributed by atoms with Crippen LogP contribution in [0.15, 0.2) is 41.1 Å². The van der Waals surface area contributed by atoms with Crippen LogP contribution in [-0.2, 0) is 0 Å². The predicted octanol–water partition coefficient (Wildman–Crippen LogP) is 4.55. The van der Waals surface area contributed by atoms with Crippen LogP contribution in [0, 0.1) is 6.92 Å². The summed E-state index contributed by atoms with van der Waals surface area (Å²) in [6.45, 7) is 5.84. The van der Waals surface area contributed by atoms with Gasteiger partial charge in [-0.05, 0) is 50.6 Å². The molecule has 118 valence electrons. The molecule has 3 aromatic rings. The molecular weight excluding hydrogens is 314 g/mol. The summed E-state index contributed by atoms with van der Waals surface area (Å²) in [6.07, 6.45) is 1.75. The van der Waals surface area contributed by atoms with E-state index in [-0.39, 0.29) is 6.10 Å². The van der Waals surface area contributed by atoms with Crippen LogP contribution < -0.4 is 4.74 Å². The van der Waals surface area contributed by atoms with Crippen LogP contribution in [0.3, 0.4) is 0 Å². The van der Waals surface area contributed by atoms with Gasteiger partial charge >= 0.3 is 0 Å². The van der Waals surface area contributed by atoms with E-state index in [4.69, 9.17) is 20.9 Å². The lowest BCUT2D eigenvalue weighted by molar-refractivity contribution is 0.242. The third kappa shape index (κ3) is 3.35. The predicted molar refractivity (Wildman–Crippen MR) is 88.5 cm³/mol. The highest BCUT2D eigenvalue weighted by atomic mass is 35.5. The molecule has 6 heteroatoms. The van der Waals surface area contributed by atoms with E-state index in [2.05, 4.69) is 15.1 Å². The summed E-state index contributed by atoms with van der Waals surface area (Å²) < 4.78 is 10.9. The maximum absolute atomic E-state index is 6.25. The second-order valence-corrected chi connectivity index (χ2v) is 5.81. The van der Waals surface area contributed by atoms with Gasteiger partial charge in [0.2, 0.25) is 5.82 Å². The van der Waals surface area contributed by atoms with Crippen LogP contribution in [0.5, 0.6) is 5.75 Å². The Kier molecular flexibility index (Phi) is 4.30. The first-order valence-corrected chi connectivity index (χ1v) is 7.64. The molecule has 2 heterocycles. The molecule has 23 heavy (non-hydrogen) atoms. The average molecular weight is 330 g/mol. The molecule has 1 aromatic carbocycles. The average Bonchev–Trinajstić information content (AvgIpc) is 2.99. The van der Waals surface area contributed by atoms with E-state index < -0.39 is 0 Å². The Morgan fingerprint density at radius 1 is 1.22 bits per heavy atom. The van der Waals surface area contributed by atoms with Gasteiger partial charge in [0.25, 0.3) is 5.89 Å². The van der Waals surface area contributed by atoms with E-state index in [1.54, 1.807) is 18.3 Å². The summed E-state index contributed by atoms with van der Waals surface area (Å²) >= 11 is 6.25. The molecule has 0 aliphatic heterocycles. The zero-order valence-corrected chi connectivity index (χ0v) is 13.8. The molecule has 5 nitrogen and oxygen atoms in total. The summed E-state index contributed by atoms with van der Waals surface area (Å²) in [5, 5.41) is 4.52. The molecule has 0 radical (unpaired) electrons. The van der Waals surface area contributed by atoms with Gasteiger partial charge in [-0.1, -0.05) is 22.8 Å². The number of halogens is 1. The second kappa shape index (κ2) is 6.38. The van der Waals surface area contributed by atoms with Gasteiger partial charge in [-0.15, -0.1) is 0 Å². The Bertz CT molecular complexity index is 830. The highest BCUT2D eigenvalue weighted by Crippen LogP contribution is 2.31. The van der Waals surface area contributed by atoms with Crippen molar-refractivity contribution in [2.45, 2.75) is 26.9 Å². The minimum Gasteiger partial charge on any atom is -0.489 e. The normalized spacial score (nSPS) is 11.0. The maximum atomic E-state index is 6.25. The number of rotatable bonds is 4. The van der Waals surface area contributed by atoms with E-state index in [9.17, 15) is 0 Å². The summed E-state index contributed by atoms with van der Waals surface area (Å²) in [6, 6.07) is 9.23. The molecule has 0 atom stereocenters. The Morgan fingerprint density at radius 2 is 2.04 bits per heavy atom. The lowest BCUT2D eigenvalue weighted by Gasteiger charge is -2.11. The Morgan fingerprint density at radius 3 is 2.74 bits per heavy atom. The van der Waals surface area contributed by atoms with Gasteiger partial charge in [0.15, 0.2) is 0 Å². The standard InChI is InChI=1S/C17H16ClN3O2/c1-10(2)22-14-7-6-12(9-13(14)18)16-20-17(23-21-16)15-11(3)5-4-8-19-15/h4-10H,1-3H3. The number of nitrogens with zero attached hydrogens (tertiary/aromatic N) is 3. The van der Waals surface area contributed by atoms with Gasteiger partial charge in [0.05, 0.1) is 11.1 Å². The molecule has 0 bridgehead atoms. The Hall–Kier alpha value is -2.40. The van der Waals surface area contributed by atoms with Crippen LogP contribution >= 0.6 is 11.6 Å². The summed E-state index contributed by atoms with van der Waals surface area (Å²) in [5.74, 6) is 1.48. The fourth-order valence-electron chi connectivity index (χ4n) is 2.14. The molecule has 0 N–H and O–H groups in total. The first kappa shape index (κ1) is 15.5. The van der Waals surface area contributed by atoms with Crippen molar-refractivity contribution < 1.29 is 9.26 Å². The number of aryl methyl sites for hydroxylation is 1. The lowest BCUT2D eigenvalue weighted by Crippen LogP contribution is -2.05. The van der Waals surface area contributed by atoms with Crippen molar-refractivity contribution in [1.29, 1.82) is 0 Å². The highest BCUT2D eigenvalue weighted by molar-refractivity contribution is 6.32. The molecule has 0 aliphatic carbocycles. The van der Waals surface area contributed by atoms with Crippen molar-refractivity contribution in [3.63, 3.8) is 0 Å². The first-order chi connectivity index (χ1) is 11.0. The zero-order valence-electron chi connectivity index (χ0n) is 13.1. The molecule has 0 saturated heterocycles. The topological polar surface area (TPSA) is 61.0 Å². The molecule has 0 amide bonds. The number of hydrogen-bond acceptors (Lipinski definition) is 5. The van der Waals surface area contributed by atoms with E-state index in [0.29, 0.717) is 28.2 Å². The van der Waals surface area contributed by atoms with Gasteiger partial charge in [0, 0.05) is 11.8 Å². The van der Waals surface area contributed by atoms with Gasteiger partial charge in [-0.25, -0.2) is 0 Å². The first-order valence-electron chi connectivity index (χ1n) is 7.27. The lowest BCUT2D eigenvalue weighted by atomic mass is 10.2. The fraction of sp³-hybridized carbons (Fsp3) is 0.235. The number of hydrogen-bond donors (Lipinski definition) is 0. The van der Waals surface area contributed by atoms with Gasteiger partial charge in [0.1, 0.15) is 11.4 Å². The van der Waals surface area contributed by atoms with E-state index >= 15 is 0 Å². The Labute approximate surface area is 139 Å². The van der Waals surface area contributed by atoms with Crippen molar-refractivity contribution in [2.75, 3.05) is 0 Å². The number of pyridine rings is 1. The van der Waals surface area contributed by atoms with Crippen molar-refractivity contribution >= 4 is 11.6 Å². The molecule has 0 fully saturated rings. The van der Waals surface area contributed by atoms with E-state index in [0.717, 1.165) is 11.1 Å². The molecule has 2 aromatic heterocycles. The monoisotopic (exact) mass is 329 g/mol. The minimum atomic E-state index is 0.0576. The van der Waals surface area contributed by atoms with Crippen LogP contribution in [-0.4, -0.2) is 21.2 Å². The second-order valence-electron chi connectivity index (χ2n) is 5.40. The van der Waals surface area contributed by atoms with E-state index in [1.165, 1.54) is 0 Å². The molecule has 3 rings (SSSR count). The Balaban J connectivity index is 1.92. The van der Waals surface area contributed by atoms with Crippen molar-refractivity contribution in [2.24, 2.45) is 0 Å². The molecule has 0 aliphatic rings. The third-order valence-electron chi connectivity index (χ3n) is 3.19.